The lowest BCUT2D eigenvalue weighted by atomic mass is 9.86. The van der Waals surface area contributed by atoms with E-state index in [1.165, 1.54) is 41.7 Å². The van der Waals surface area contributed by atoms with Gasteiger partial charge < -0.3 is 4.74 Å². The lowest BCUT2D eigenvalue weighted by Gasteiger charge is -2.35. The van der Waals surface area contributed by atoms with E-state index in [0.717, 1.165) is 57.4 Å². The maximum Gasteiger partial charge on any atom is 0.311 e. The number of hydrogen-bond acceptors (Lipinski definition) is 4. The van der Waals surface area contributed by atoms with Crippen molar-refractivity contribution < 1.29 is 9.53 Å². The first-order chi connectivity index (χ1) is 15.2. The van der Waals surface area contributed by atoms with Crippen LogP contribution in [0.1, 0.15) is 81.2 Å². The summed E-state index contributed by atoms with van der Waals surface area (Å²) in [5.74, 6) is 0.728. The van der Waals surface area contributed by atoms with Crippen LogP contribution in [0, 0.1) is 0 Å². The van der Waals surface area contributed by atoms with Gasteiger partial charge in [0.15, 0.2) is 0 Å². The minimum Gasteiger partial charge on any atom is -0.426 e. The summed E-state index contributed by atoms with van der Waals surface area (Å²) in [4.78, 5) is 16.5. The third kappa shape index (κ3) is 7.47. The second kappa shape index (κ2) is 13.0. The maximum atomic E-state index is 12.4. The molecule has 2 aromatic rings. The first-order valence-electron chi connectivity index (χ1n) is 12.3. The van der Waals surface area contributed by atoms with Crippen molar-refractivity contribution in [3.63, 3.8) is 0 Å². The van der Waals surface area contributed by atoms with E-state index in [-0.39, 0.29) is 5.97 Å². The van der Waals surface area contributed by atoms with Crippen LogP contribution in [-0.4, -0.2) is 30.0 Å². The van der Waals surface area contributed by atoms with E-state index >= 15 is 0 Å². The van der Waals surface area contributed by atoms with Crippen LogP contribution >= 0.6 is 11.3 Å². The molecule has 0 saturated carbocycles. The molecule has 0 radical (unpaired) electrons. The summed E-state index contributed by atoms with van der Waals surface area (Å²) in [7, 11) is 0. The fourth-order valence-corrected chi connectivity index (χ4v) is 5.38. The molecule has 1 aromatic carbocycles. The molecule has 1 atom stereocenters. The van der Waals surface area contributed by atoms with Gasteiger partial charge in [0.05, 0.1) is 0 Å². The number of fused-ring (bicyclic) bond motifs is 1. The molecule has 31 heavy (non-hydrogen) atoms. The van der Waals surface area contributed by atoms with Crippen molar-refractivity contribution in [1.29, 1.82) is 0 Å². The van der Waals surface area contributed by atoms with Crippen molar-refractivity contribution in [2.75, 3.05) is 13.1 Å². The van der Waals surface area contributed by atoms with Crippen LogP contribution in [0.3, 0.4) is 0 Å². The molecular formula is C27H39NO2S. The highest BCUT2D eigenvalue weighted by Gasteiger charge is 2.26. The Hall–Kier alpha value is -1.65. The Morgan fingerprint density at radius 2 is 1.94 bits per heavy atom. The first kappa shape index (κ1) is 24.0. The molecule has 0 bridgehead atoms. The van der Waals surface area contributed by atoms with Crippen molar-refractivity contribution in [2.24, 2.45) is 0 Å². The summed E-state index contributed by atoms with van der Waals surface area (Å²) >= 11 is 1.86. The normalized spacial score (nSPS) is 15.8. The number of hydrogen-bond donors (Lipinski definition) is 0. The highest BCUT2D eigenvalue weighted by molar-refractivity contribution is 7.09. The highest BCUT2D eigenvalue weighted by atomic mass is 32.1. The Balaban J connectivity index is 1.56. The number of rotatable bonds is 13. The number of benzene rings is 1. The van der Waals surface area contributed by atoms with Gasteiger partial charge in [0.1, 0.15) is 5.75 Å². The molecule has 0 aliphatic heterocycles. The zero-order chi connectivity index (χ0) is 21.9. The lowest BCUT2D eigenvalue weighted by molar-refractivity contribution is -0.134. The Bertz CT molecular complexity index is 787. The molecule has 1 aromatic heterocycles. The van der Waals surface area contributed by atoms with Crippen LogP contribution in [0.15, 0.2) is 35.7 Å². The van der Waals surface area contributed by atoms with Gasteiger partial charge in [-0.25, -0.2) is 0 Å². The van der Waals surface area contributed by atoms with Gasteiger partial charge >= 0.3 is 5.97 Å². The van der Waals surface area contributed by atoms with Gasteiger partial charge in [-0.2, -0.15) is 0 Å². The lowest BCUT2D eigenvalue weighted by Crippen LogP contribution is -2.41. The van der Waals surface area contributed by atoms with Crippen LogP contribution in [0.4, 0.5) is 0 Å². The molecule has 1 heterocycles. The predicted octanol–water partition coefficient (Wildman–Crippen LogP) is 6.83. The molecule has 0 N–H and O–H groups in total. The zero-order valence-electron chi connectivity index (χ0n) is 19.4. The van der Waals surface area contributed by atoms with Gasteiger partial charge in [-0.3, -0.25) is 9.69 Å². The van der Waals surface area contributed by atoms with Crippen LogP contribution in [0.25, 0.3) is 0 Å². The first-order valence-corrected chi connectivity index (χ1v) is 13.2. The van der Waals surface area contributed by atoms with E-state index in [1.54, 1.807) is 0 Å². The van der Waals surface area contributed by atoms with Crippen LogP contribution in [0.5, 0.6) is 5.75 Å². The van der Waals surface area contributed by atoms with Crippen molar-refractivity contribution in [3.8, 4) is 5.75 Å². The highest BCUT2D eigenvalue weighted by Crippen LogP contribution is 2.32. The molecule has 4 heteroatoms. The molecule has 0 amide bonds. The summed E-state index contributed by atoms with van der Waals surface area (Å²) < 4.78 is 5.81. The molecule has 3 rings (SSSR count). The minimum atomic E-state index is -0.0735. The largest absolute Gasteiger partial charge is 0.426 e. The molecule has 3 nitrogen and oxygen atoms in total. The van der Waals surface area contributed by atoms with E-state index in [9.17, 15) is 4.79 Å². The molecule has 170 valence electrons. The molecule has 0 saturated heterocycles. The molecule has 1 unspecified atom stereocenters. The van der Waals surface area contributed by atoms with E-state index in [1.807, 2.05) is 17.4 Å². The van der Waals surface area contributed by atoms with Crippen LogP contribution in [0.2, 0.25) is 0 Å². The van der Waals surface area contributed by atoms with E-state index in [4.69, 9.17) is 4.74 Å². The fraction of sp³-hybridized carbons (Fsp3) is 0.593. The average molecular weight is 442 g/mol. The third-order valence-corrected chi connectivity index (χ3v) is 7.31. The van der Waals surface area contributed by atoms with Crippen molar-refractivity contribution in [3.05, 3.63) is 51.7 Å². The van der Waals surface area contributed by atoms with Gasteiger partial charge in [0.25, 0.3) is 0 Å². The molecule has 0 fully saturated rings. The van der Waals surface area contributed by atoms with Crippen LogP contribution in [-0.2, 0) is 24.1 Å². The minimum absolute atomic E-state index is 0.0735. The molecule has 0 spiro atoms. The molecule has 1 aliphatic rings. The van der Waals surface area contributed by atoms with Crippen molar-refractivity contribution in [1.82, 2.24) is 4.90 Å². The Kier molecular flexibility index (Phi) is 10.1. The molecular weight excluding hydrogens is 402 g/mol. The van der Waals surface area contributed by atoms with Crippen molar-refractivity contribution in [2.45, 2.75) is 90.5 Å². The van der Waals surface area contributed by atoms with Gasteiger partial charge in [-0.1, -0.05) is 57.7 Å². The number of carbonyl (C=O) groups is 1. The monoisotopic (exact) mass is 441 g/mol. The Morgan fingerprint density at radius 1 is 1.06 bits per heavy atom. The number of nitrogens with zero attached hydrogens (tertiary/aromatic N) is 1. The summed E-state index contributed by atoms with van der Waals surface area (Å²) in [6.07, 6.45) is 11.8. The number of ether oxygens (including phenoxy) is 1. The summed E-state index contributed by atoms with van der Waals surface area (Å²) in [5.41, 5.74) is 2.62. The third-order valence-electron chi connectivity index (χ3n) is 6.37. The van der Waals surface area contributed by atoms with E-state index in [0.29, 0.717) is 12.5 Å². The summed E-state index contributed by atoms with van der Waals surface area (Å²) in [6, 6.07) is 11.2. The van der Waals surface area contributed by atoms with Crippen molar-refractivity contribution >= 4 is 17.3 Å². The second-order valence-electron chi connectivity index (χ2n) is 8.79. The average Bonchev–Trinajstić information content (AvgIpc) is 3.30. The standard InChI is InChI=1S/C27H39NO2S/c1-3-5-6-7-8-14-27(29)30-26-13-9-11-22-21-23(15-16-25(22)26)28(18-4-2)19-17-24-12-10-20-31-24/h9-13,20,23H,3-8,14-19,21H2,1-2H3. The van der Waals surface area contributed by atoms with Gasteiger partial charge in [0.2, 0.25) is 0 Å². The van der Waals surface area contributed by atoms with Gasteiger partial charge in [0, 0.05) is 23.9 Å². The Labute approximate surface area is 192 Å². The number of esters is 1. The second-order valence-corrected chi connectivity index (χ2v) is 9.83. The number of unbranched alkanes of at least 4 members (excludes halogenated alkanes) is 4. The zero-order valence-corrected chi connectivity index (χ0v) is 20.2. The van der Waals surface area contributed by atoms with Gasteiger partial charge in [-0.05, 0) is 73.7 Å². The summed E-state index contributed by atoms with van der Waals surface area (Å²) in [6.45, 7) is 6.76. The Morgan fingerprint density at radius 3 is 2.71 bits per heavy atom. The smallest absolute Gasteiger partial charge is 0.311 e. The predicted molar refractivity (Wildman–Crippen MR) is 131 cm³/mol. The van der Waals surface area contributed by atoms with Crippen LogP contribution < -0.4 is 4.74 Å². The van der Waals surface area contributed by atoms with E-state index < -0.39 is 0 Å². The molecule has 1 aliphatic carbocycles. The van der Waals surface area contributed by atoms with E-state index in [2.05, 4.69) is 48.4 Å². The van der Waals surface area contributed by atoms with Gasteiger partial charge in [-0.15, -0.1) is 11.3 Å². The summed E-state index contributed by atoms with van der Waals surface area (Å²) in [5, 5.41) is 2.17. The number of carbonyl (C=O) groups excluding carboxylic acids is 1. The fourth-order valence-electron chi connectivity index (χ4n) is 4.68. The SMILES string of the molecule is CCCCCCCC(=O)Oc1cccc2c1CCC(N(CCC)CCc1cccs1)C2. The number of thiophene rings is 1. The maximum absolute atomic E-state index is 12.4. The quantitative estimate of drug-likeness (QED) is 0.194. The topological polar surface area (TPSA) is 29.5 Å².